The predicted molar refractivity (Wildman–Crippen MR) is 67.0 cm³/mol. The Morgan fingerprint density at radius 2 is 1.95 bits per heavy atom. The lowest BCUT2D eigenvalue weighted by atomic mass is 10.0. The minimum atomic E-state index is -0.831. The Kier molecular flexibility index (Phi) is 3.74. The summed E-state index contributed by atoms with van der Waals surface area (Å²) in [5.74, 6) is -2.24. The second-order valence-electron chi connectivity index (χ2n) is 4.30. The van der Waals surface area contributed by atoms with E-state index >= 15 is 0 Å². The third-order valence-corrected chi connectivity index (χ3v) is 2.97. The number of halogens is 2. The fourth-order valence-electron chi connectivity index (χ4n) is 1.93. The summed E-state index contributed by atoms with van der Waals surface area (Å²) in [6.07, 6.45) is 0.678. The van der Waals surface area contributed by atoms with E-state index < -0.39 is 23.0 Å². The standard InChI is InChI=1S/C14H14F2N2O/c1-3-9-7-10(18(2)17-9)8-13(19)14-11(15)5-4-6-12(14)16/h4-7H,3,8H2,1-2H3. The molecular weight excluding hydrogens is 250 g/mol. The third kappa shape index (κ3) is 2.70. The Hall–Kier alpha value is -2.04. The van der Waals surface area contributed by atoms with Gasteiger partial charge in [0.25, 0.3) is 0 Å². The highest BCUT2D eigenvalue weighted by molar-refractivity contribution is 5.97. The second-order valence-corrected chi connectivity index (χ2v) is 4.30. The van der Waals surface area contributed by atoms with Crippen LogP contribution in [-0.4, -0.2) is 15.6 Å². The number of aromatic nitrogens is 2. The number of hydrogen-bond donors (Lipinski definition) is 0. The molecule has 0 radical (unpaired) electrons. The van der Waals surface area contributed by atoms with Crippen molar-refractivity contribution < 1.29 is 13.6 Å². The van der Waals surface area contributed by atoms with Gasteiger partial charge in [-0.25, -0.2) is 8.78 Å². The van der Waals surface area contributed by atoms with Gasteiger partial charge in [-0.2, -0.15) is 5.10 Å². The molecule has 100 valence electrons. The highest BCUT2D eigenvalue weighted by atomic mass is 19.1. The van der Waals surface area contributed by atoms with Crippen molar-refractivity contribution in [3.05, 3.63) is 52.9 Å². The molecule has 19 heavy (non-hydrogen) atoms. The summed E-state index contributed by atoms with van der Waals surface area (Å²) in [6, 6.07) is 5.17. The van der Waals surface area contributed by atoms with Gasteiger partial charge >= 0.3 is 0 Å². The lowest BCUT2D eigenvalue weighted by Crippen LogP contribution is -2.11. The molecule has 1 aromatic heterocycles. The minimum Gasteiger partial charge on any atom is -0.294 e. The largest absolute Gasteiger partial charge is 0.294 e. The molecule has 0 fully saturated rings. The maximum Gasteiger partial charge on any atom is 0.174 e. The van der Waals surface area contributed by atoms with Gasteiger partial charge in [-0.05, 0) is 24.6 Å². The van der Waals surface area contributed by atoms with Gasteiger partial charge in [0.2, 0.25) is 0 Å². The maximum atomic E-state index is 13.5. The van der Waals surface area contributed by atoms with Crippen molar-refractivity contribution in [2.75, 3.05) is 0 Å². The molecule has 0 aliphatic carbocycles. The van der Waals surface area contributed by atoms with Crippen LogP contribution in [0.4, 0.5) is 8.78 Å². The number of benzene rings is 1. The fourth-order valence-corrected chi connectivity index (χ4v) is 1.93. The second kappa shape index (κ2) is 5.30. The lowest BCUT2D eigenvalue weighted by Gasteiger charge is -2.04. The molecule has 3 nitrogen and oxygen atoms in total. The Bertz CT molecular complexity index is 600. The van der Waals surface area contributed by atoms with Gasteiger partial charge in [-0.1, -0.05) is 13.0 Å². The summed E-state index contributed by atoms with van der Waals surface area (Å²) in [4.78, 5) is 12.0. The van der Waals surface area contributed by atoms with Crippen molar-refractivity contribution in [1.82, 2.24) is 9.78 Å². The number of ketones is 1. The van der Waals surface area contributed by atoms with Crippen molar-refractivity contribution in [3.63, 3.8) is 0 Å². The van der Waals surface area contributed by atoms with Gasteiger partial charge in [0.1, 0.15) is 11.6 Å². The maximum absolute atomic E-state index is 13.5. The normalized spacial score (nSPS) is 10.7. The number of Topliss-reactive ketones (excluding diaryl/α,β-unsaturated/α-hetero) is 1. The molecule has 0 spiro atoms. The monoisotopic (exact) mass is 264 g/mol. The molecule has 2 rings (SSSR count). The van der Waals surface area contributed by atoms with Gasteiger partial charge in [0, 0.05) is 12.7 Å². The highest BCUT2D eigenvalue weighted by Gasteiger charge is 2.18. The lowest BCUT2D eigenvalue weighted by molar-refractivity contribution is 0.0982. The molecule has 0 amide bonds. The van der Waals surface area contributed by atoms with Crippen LogP contribution in [0.2, 0.25) is 0 Å². The fraction of sp³-hybridized carbons (Fsp3) is 0.286. The Morgan fingerprint density at radius 3 is 2.47 bits per heavy atom. The molecule has 1 heterocycles. The van der Waals surface area contributed by atoms with Crippen molar-refractivity contribution >= 4 is 5.78 Å². The first-order chi connectivity index (χ1) is 9.02. The van der Waals surface area contributed by atoms with Crippen LogP contribution < -0.4 is 0 Å². The van der Waals surface area contributed by atoms with Gasteiger partial charge < -0.3 is 0 Å². The summed E-state index contributed by atoms with van der Waals surface area (Å²) in [6.45, 7) is 1.95. The summed E-state index contributed by atoms with van der Waals surface area (Å²) in [5.41, 5.74) is 1.01. The summed E-state index contributed by atoms with van der Waals surface area (Å²) < 4.78 is 28.5. The van der Waals surface area contributed by atoms with E-state index in [9.17, 15) is 13.6 Å². The molecule has 0 unspecified atom stereocenters. The van der Waals surface area contributed by atoms with Gasteiger partial charge in [0.15, 0.2) is 5.78 Å². The Morgan fingerprint density at radius 1 is 1.32 bits per heavy atom. The number of carbonyl (C=O) groups excluding carboxylic acids is 1. The number of nitrogens with zero attached hydrogens (tertiary/aromatic N) is 2. The van der Waals surface area contributed by atoms with Crippen LogP contribution in [0.1, 0.15) is 28.7 Å². The first-order valence-electron chi connectivity index (χ1n) is 6.02. The Labute approximate surface area is 109 Å². The summed E-state index contributed by atoms with van der Waals surface area (Å²) in [7, 11) is 1.71. The van der Waals surface area contributed by atoms with E-state index in [1.54, 1.807) is 17.8 Å². The molecule has 0 bridgehead atoms. The molecule has 0 atom stereocenters. The van der Waals surface area contributed by atoms with E-state index in [-0.39, 0.29) is 6.42 Å². The number of carbonyl (C=O) groups is 1. The molecular formula is C14H14F2N2O. The molecule has 1 aromatic carbocycles. The molecule has 2 aromatic rings. The molecule has 0 aliphatic heterocycles. The summed E-state index contributed by atoms with van der Waals surface area (Å²) >= 11 is 0. The van der Waals surface area contributed by atoms with Crippen LogP contribution in [0.3, 0.4) is 0 Å². The average Bonchev–Trinajstić information content (AvgIpc) is 2.70. The zero-order valence-corrected chi connectivity index (χ0v) is 10.8. The van der Waals surface area contributed by atoms with Crippen molar-refractivity contribution in [2.24, 2.45) is 7.05 Å². The van der Waals surface area contributed by atoms with E-state index in [1.807, 2.05) is 6.92 Å². The summed E-state index contributed by atoms with van der Waals surface area (Å²) in [5, 5.41) is 4.20. The van der Waals surface area contributed by atoms with Gasteiger partial charge in [0.05, 0.1) is 17.7 Å². The van der Waals surface area contributed by atoms with Crippen LogP contribution in [0.5, 0.6) is 0 Å². The first-order valence-corrected chi connectivity index (χ1v) is 6.02. The van der Waals surface area contributed by atoms with Crippen molar-refractivity contribution in [3.8, 4) is 0 Å². The number of aryl methyl sites for hydroxylation is 2. The van der Waals surface area contributed by atoms with E-state index in [2.05, 4.69) is 5.10 Å². The van der Waals surface area contributed by atoms with Crippen LogP contribution in [0.15, 0.2) is 24.3 Å². The number of rotatable bonds is 4. The first kappa shape index (κ1) is 13.4. The third-order valence-electron chi connectivity index (χ3n) is 2.97. The molecule has 0 saturated heterocycles. The SMILES string of the molecule is CCc1cc(CC(=O)c2c(F)cccc2F)n(C)n1. The van der Waals surface area contributed by atoms with Crippen LogP contribution >= 0.6 is 0 Å². The van der Waals surface area contributed by atoms with E-state index in [4.69, 9.17) is 0 Å². The van der Waals surface area contributed by atoms with Gasteiger partial charge in [-0.3, -0.25) is 9.48 Å². The van der Waals surface area contributed by atoms with Crippen LogP contribution in [-0.2, 0) is 19.9 Å². The topological polar surface area (TPSA) is 34.9 Å². The van der Waals surface area contributed by atoms with Crippen LogP contribution in [0.25, 0.3) is 0 Å². The quantitative estimate of drug-likeness (QED) is 0.796. The van der Waals surface area contributed by atoms with Crippen molar-refractivity contribution in [2.45, 2.75) is 19.8 Å². The zero-order valence-electron chi connectivity index (χ0n) is 10.8. The molecule has 5 heteroatoms. The molecule has 0 N–H and O–H groups in total. The van der Waals surface area contributed by atoms with E-state index in [1.165, 1.54) is 6.07 Å². The van der Waals surface area contributed by atoms with Crippen LogP contribution in [0, 0.1) is 11.6 Å². The molecule has 0 aliphatic rings. The Balaban J connectivity index is 2.28. The van der Waals surface area contributed by atoms with Crippen molar-refractivity contribution in [1.29, 1.82) is 0 Å². The number of hydrogen-bond acceptors (Lipinski definition) is 2. The average molecular weight is 264 g/mol. The van der Waals surface area contributed by atoms with E-state index in [0.717, 1.165) is 24.2 Å². The zero-order chi connectivity index (χ0) is 14.0. The van der Waals surface area contributed by atoms with Gasteiger partial charge in [-0.15, -0.1) is 0 Å². The van der Waals surface area contributed by atoms with E-state index in [0.29, 0.717) is 5.69 Å². The molecule has 0 saturated carbocycles. The smallest absolute Gasteiger partial charge is 0.174 e. The highest BCUT2D eigenvalue weighted by Crippen LogP contribution is 2.15. The minimum absolute atomic E-state index is 0.0681. The predicted octanol–water partition coefficient (Wildman–Crippen LogP) is 2.69.